The second-order valence-electron chi connectivity index (χ2n) is 6.51. The highest BCUT2D eigenvalue weighted by atomic mass is 16.3. The van der Waals surface area contributed by atoms with E-state index in [-0.39, 0.29) is 17.9 Å². The Morgan fingerprint density at radius 2 is 1.60 bits per heavy atom. The number of rotatable bonds is 4. The summed E-state index contributed by atoms with van der Waals surface area (Å²) in [6.07, 6.45) is 4.66. The number of hydrogen-bond acceptors (Lipinski definition) is 2. The van der Waals surface area contributed by atoms with Crippen LogP contribution in [0.2, 0.25) is 0 Å². The van der Waals surface area contributed by atoms with Crippen molar-refractivity contribution in [2.45, 2.75) is 31.2 Å². The molecule has 1 atom stereocenters. The van der Waals surface area contributed by atoms with E-state index in [1.54, 1.807) is 6.26 Å². The van der Waals surface area contributed by atoms with E-state index >= 15 is 0 Å². The van der Waals surface area contributed by atoms with Crippen LogP contribution in [0.4, 0.5) is 0 Å². The van der Waals surface area contributed by atoms with Crippen LogP contribution >= 0.6 is 0 Å². The third kappa shape index (κ3) is 3.22. The molecule has 1 aliphatic rings. The highest BCUT2D eigenvalue weighted by Gasteiger charge is 2.28. The molecule has 0 aliphatic heterocycles. The molecule has 2 aromatic carbocycles. The maximum absolute atomic E-state index is 13.2. The van der Waals surface area contributed by atoms with E-state index in [1.807, 2.05) is 66.7 Å². The summed E-state index contributed by atoms with van der Waals surface area (Å²) in [4.78, 5) is 13.2. The maximum Gasteiger partial charge on any atom is 0.232 e. The van der Waals surface area contributed by atoms with Gasteiger partial charge < -0.3 is 9.73 Å². The molecule has 1 aromatic heterocycles. The van der Waals surface area contributed by atoms with Crippen molar-refractivity contribution in [2.24, 2.45) is 0 Å². The number of benzene rings is 2. The monoisotopic (exact) mass is 331 g/mol. The van der Waals surface area contributed by atoms with Gasteiger partial charge >= 0.3 is 0 Å². The summed E-state index contributed by atoms with van der Waals surface area (Å²) in [5, 5.41) is 3.26. The van der Waals surface area contributed by atoms with E-state index in [0.717, 1.165) is 41.7 Å². The average molecular weight is 331 g/mol. The predicted octanol–water partition coefficient (Wildman–Crippen LogP) is 4.61. The summed E-state index contributed by atoms with van der Waals surface area (Å²) >= 11 is 0. The third-order valence-corrected chi connectivity index (χ3v) is 4.90. The van der Waals surface area contributed by atoms with Gasteiger partial charge in [-0.05, 0) is 30.0 Å². The molecule has 0 bridgehead atoms. The molecule has 1 amide bonds. The van der Waals surface area contributed by atoms with Gasteiger partial charge in [0, 0.05) is 12.0 Å². The zero-order valence-corrected chi connectivity index (χ0v) is 14.0. The third-order valence-electron chi connectivity index (χ3n) is 4.90. The first-order valence-corrected chi connectivity index (χ1v) is 8.79. The Hall–Kier alpha value is -2.81. The van der Waals surface area contributed by atoms with E-state index in [0.29, 0.717) is 0 Å². The topological polar surface area (TPSA) is 42.2 Å². The van der Waals surface area contributed by atoms with Crippen LogP contribution in [0.25, 0.3) is 0 Å². The molecule has 1 heterocycles. The van der Waals surface area contributed by atoms with Crippen molar-refractivity contribution >= 4 is 5.91 Å². The highest BCUT2D eigenvalue weighted by molar-refractivity contribution is 5.87. The standard InChI is InChI=1S/C22H21NO2/c24-22(23-19-12-7-13-20-18(19)14-15-25-20)21(16-8-3-1-4-9-16)17-10-5-2-6-11-17/h1-6,8-11,14-15,19,21H,7,12-13H2,(H,23,24). The van der Waals surface area contributed by atoms with Gasteiger partial charge in [-0.25, -0.2) is 0 Å². The van der Waals surface area contributed by atoms with Crippen molar-refractivity contribution in [3.05, 3.63) is 95.4 Å². The van der Waals surface area contributed by atoms with Crippen molar-refractivity contribution in [1.82, 2.24) is 5.32 Å². The van der Waals surface area contributed by atoms with Crippen LogP contribution in [0, 0.1) is 0 Å². The molecular weight excluding hydrogens is 310 g/mol. The van der Waals surface area contributed by atoms with Crippen LogP contribution in [0.3, 0.4) is 0 Å². The van der Waals surface area contributed by atoms with E-state index < -0.39 is 0 Å². The van der Waals surface area contributed by atoms with E-state index in [9.17, 15) is 4.79 Å². The number of carbonyl (C=O) groups excluding carboxylic acids is 1. The fourth-order valence-electron chi connectivity index (χ4n) is 3.68. The number of amides is 1. The zero-order chi connectivity index (χ0) is 17.1. The van der Waals surface area contributed by atoms with Crippen LogP contribution in [-0.4, -0.2) is 5.91 Å². The smallest absolute Gasteiger partial charge is 0.232 e. The first-order valence-electron chi connectivity index (χ1n) is 8.79. The number of fused-ring (bicyclic) bond motifs is 1. The summed E-state index contributed by atoms with van der Waals surface area (Å²) < 4.78 is 5.55. The van der Waals surface area contributed by atoms with Gasteiger partial charge in [0.05, 0.1) is 18.2 Å². The summed E-state index contributed by atoms with van der Waals surface area (Å²) in [5.74, 6) is 0.739. The highest BCUT2D eigenvalue weighted by Crippen LogP contribution is 2.32. The molecule has 0 saturated heterocycles. The Balaban J connectivity index is 1.63. The summed E-state index contributed by atoms with van der Waals surface area (Å²) in [5.41, 5.74) is 3.14. The SMILES string of the molecule is O=C(NC1CCCc2occc21)C(c1ccccc1)c1ccccc1. The Labute approximate surface area is 147 Å². The minimum Gasteiger partial charge on any atom is -0.469 e. The van der Waals surface area contributed by atoms with Crippen LogP contribution in [0.15, 0.2) is 77.4 Å². The molecule has 4 rings (SSSR count). The van der Waals surface area contributed by atoms with Gasteiger partial charge in [-0.1, -0.05) is 60.7 Å². The second kappa shape index (κ2) is 6.98. The van der Waals surface area contributed by atoms with E-state index in [2.05, 4.69) is 5.32 Å². The van der Waals surface area contributed by atoms with Gasteiger partial charge in [0.1, 0.15) is 5.76 Å². The largest absolute Gasteiger partial charge is 0.469 e. The van der Waals surface area contributed by atoms with Crippen LogP contribution in [0.1, 0.15) is 47.3 Å². The van der Waals surface area contributed by atoms with Gasteiger partial charge in [0.25, 0.3) is 0 Å². The van der Waals surface area contributed by atoms with Gasteiger partial charge in [-0.2, -0.15) is 0 Å². The van der Waals surface area contributed by atoms with Gasteiger partial charge in [-0.15, -0.1) is 0 Å². The quantitative estimate of drug-likeness (QED) is 0.759. The number of furan rings is 1. The second-order valence-corrected chi connectivity index (χ2v) is 6.51. The number of hydrogen-bond donors (Lipinski definition) is 1. The van der Waals surface area contributed by atoms with Crippen molar-refractivity contribution in [3.63, 3.8) is 0 Å². The lowest BCUT2D eigenvalue weighted by molar-refractivity contribution is -0.122. The lowest BCUT2D eigenvalue weighted by atomic mass is 9.88. The Bertz CT molecular complexity index is 799. The van der Waals surface area contributed by atoms with Gasteiger partial charge in [-0.3, -0.25) is 4.79 Å². The first-order chi connectivity index (χ1) is 12.3. The minimum absolute atomic E-state index is 0.0323. The molecule has 0 fully saturated rings. The number of nitrogens with one attached hydrogen (secondary N) is 1. The average Bonchev–Trinajstić information content (AvgIpc) is 3.14. The predicted molar refractivity (Wildman–Crippen MR) is 97.3 cm³/mol. The fraction of sp³-hybridized carbons (Fsp3) is 0.227. The Kier molecular flexibility index (Phi) is 4.38. The van der Waals surface area contributed by atoms with Crippen molar-refractivity contribution in [2.75, 3.05) is 0 Å². The summed E-state index contributed by atoms with van der Waals surface area (Å²) in [6, 6.07) is 21.9. The van der Waals surface area contributed by atoms with Crippen molar-refractivity contribution in [1.29, 1.82) is 0 Å². The lowest BCUT2D eigenvalue weighted by Gasteiger charge is -2.26. The molecule has 1 aliphatic carbocycles. The van der Waals surface area contributed by atoms with E-state index in [4.69, 9.17) is 4.42 Å². The zero-order valence-electron chi connectivity index (χ0n) is 14.0. The molecule has 1 N–H and O–H groups in total. The normalized spacial score (nSPS) is 16.4. The Morgan fingerprint density at radius 1 is 0.960 bits per heavy atom. The molecule has 126 valence electrons. The molecule has 3 nitrogen and oxygen atoms in total. The summed E-state index contributed by atoms with van der Waals surface area (Å²) in [7, 11) is 0. The molecule has 3 heteroatoms. The molecule has 0 saturated carbocycles. The van der Waals surface area contributed by atoms with Crippen LogP contribution in [-0.2, 0) is 11.2 Å². The minimum atomic E-state index is -0.306. The fourth-order valence-corrected chi connectivity index (χ4v) is 3.68. The lowest BCUT2D eigenvalue weighted by Crippen LogP contribution is -2.34. The van der Waals surface area contributed by atoms with Gasteiger partial charge in [0.2, 0.25) is 5.91 Å². The molecule has 0 radical (unpaired) electrons. The van der Waals surface area contributed by atoms with Crippen molar-refractivity contribution in [3.8, 4) is 0 Å². The number of aryl methyl sites for hydroxylation is 1. The summed E-state index contributed by atoms with van der Waals surface area (Å²) in [6.45, 7) is 0. The Morgan fingerprint density at radius 3 is 2.24 bits per heavy atom. The molecule has 3 aromatic rings. The van der Waals surface area contributed by atoms with Gasteiger partial charge in [0.15, 0.2) is 0 Å². The molecule has 0 spiro atoms. The number of carbonyl (C=O) groups is 1. The molecule has 25 heavy (non-hydrogen) atoms. The molecular formula is C22H21NO2. The van der Waals surface area contributed by atoms with E-state index in [1.165, 1.54) is 0 Å². The maximum atomic E-state index is 13.2. The van der Waals surface area contributed by atoms with Crippen LogP contribution in [0.5, 0.6) is 0 Å². The first kappa shape index (κ1) is 15.7. The molecule has 1 unspecified atom stereocenters. The van der Waals surface area contributed by atoms with Crippen LogP contribution < -0.4 is 5.32 Å². The van der Waals surface area contributed by atoms with Crippen molar-refractivity contribution < 1.29 is 9.21 Å².